The van der Waals surface area contributed by atoms with E-state index in [1.54, 1.807) is 6.07 Å². The van der Waals surface area contributed by atoms with Crippen LogP contribution in [0.2, 0.25) is 0 Å². The minimum absolute atomic E-state index is 0.359. The molecule has 0 unspecified atom stereocenters. The SMILES string of the molecule is CCC[C@H]1OC(=O)c2c(ccc(C)c2OC)[C@@H]1O. The first-order chi connectivity index (χ1) is 8.60. The minimum Gasteiger partial charge on any atom is -0.496 e. The number of aliphatic hydroxyl groups excluding tert-OH is 1. The molecular formula is C14H18O4. The van der Waals surface area contributed by atoms with Crippen LogP contribution in [-0.4, -0.2) is 24.3 Å². The second-order valence-corrected chi connectivity index (χ2v) is 4.56. The highest BCUT2D eigenvalue weighted by Crippen LogP contribution is 2.37. The smallest absolute Gasteiger partial charge is 0.342 e. The topological polar surface area (TPSA) is 55.8 Å². The standard InChI is InChI=1S/C14H18O4/c1-4-5-10-12(15)9-7-6-8(2)13(17-3)11(9)14(16)18-10/h6-7,10,12,15H,4-5H2,1-3H3/t10-,12+/m1/s1. The molecule has 4 nitrogen and oxygen atoms in total. The Morgan fingerprint density at radius 1 is 1.44 bits per heavy atom. The molecule has 18 heavy (non-hydrogen) atoms. The van der Waals surface area contributed by atoms with Crippen LogP contribution in [0.25, 0.3) is 0 Å². The lowest BCUT2D eigenvalue weighted by Crippen LogP contribution is -2.32. The van der Waals surface area contributed by atoms with E-state index in [1.165, 1.54) is 7.11 Å². The number of benzene rings is 1. The molecule has 1 aliphatic heterocycles. The molecule has 0 fully saturated rings. The normalized spacial score (nSPS) is 22.3. The number of hydrogen-bond acceptors (Lipinski definition) is 4. The molecule has 0 spiro atoms. The number of carbonyl (C=O) groups excluding carboxylic acids is 1. The molecule has 0 amide bonds. The number of cyclic esters (lactones) is 1. The molecule has 0 radical (unpaired) electrons. The van der Waals surface area contributed by atoms with Crippen LogP contribution < -0.4 is 4.74 Å². The van der Waals surface area contributed by atoms with Crippen LogP contribution in [0.1, 0.15) is 47.4 Å². The van der Waals surface area contributed by atoms with Gasteiger partial charge in [-0.25, -0.2) is 4.79 Å². The summed E-state index contributed by atoms with van der Waals surface area (Å²) < 4.78 is 10.5. The molecule has 1 heterocycles. The zero-order valence-electron chi connectivity index (χ0n) is 10.9. The Kier molecular flexibility index (Phi) is 3.57. The molecule has 2 atom stereocenters. The van der Waals surface area contributed by atoms with Crippen molar-refractivity contribution >= 4 is 5.97 Å². The predicted octanol–water partition coefficient (Wildman–Crippen LogP) is 2.38. The fourth-order valence-electron chi connectivity index (χ4n) is 2.38. The average molecular weight is 250 g/mol. The molecule has 0 aliphatic carbocycles. The van der Waals surface area contributed by atoms with Gasteiger partial charge in [0.1, 0.15) is 23.5 Å². The number of esters is 1. The number of aliphatic hydroxyl groups is 1. The van der Waals surface area contributed by atoms with Gasteiger partial charge in [0, 0.05) is 5.56 Å². The van der Waals surface area contributed by atoms with Crippen LogP contribution in [-0.2, 0) is 4.74 Å². The number of ether oxygens (including phenoxy) is 2. The van der Waals surface area contributed by atoms with Crippen molar-refractivity contribution in [2.75, 3.05) is 7.11 Å². The third kappa shape index (κ3) is 1.97. The summed E-state index contributed by atoms with van der Waals surface area (Å²) in [4.78, 5) is 12.0. The van der Waals surface area contributed by atoms with E-state index in [0.29, 0.717) is 23.3 Å². The number of aryl methyl sites for hydroxylation is 1. The summed E-state index contributed by atoms with van der Waals surface area (Å²) in [6, 6.07) is 3.63. The molecule has 2 rings (SSSR count). The van der Waals surface area contributed by atoms with Gasteiger partial charge >= 0.3 is 5.97 Å². The zero-order valence-corrected chi connectivity index (χ0v) is 10.9. The summed E-state index contributed by atoms with van der Waals surface area (Å²) in [6.45, 7) is 3.85. The summed E-state index contributed by atoms with van der Waals surface area (Å²) >= 11 is 0. The maximum absolute atomic E-state index is 12.0. The number of methoxy groups -OCH3 is 1. The van der Waals surface area contributed by atoms with Gasteiger partial charge in [-0.15, -0.1) is 0 Å². The van der Waals surface area contributed by atoms with E-state index in [-0.39, 0.29) is 0 Å². The van der Waals surface area contributed by atoms with E-state index in [2.05, 4.69) is 0 Å². The van der Waals surface area contributed by atoms with E-state index in [4.69, 9.17) is 9.47 Å². The maximum Gasteiger partial charge on any atom is 0.342 e. The number of hydrogen-bond donors (Lipinski definition) is 1. The van der Waals surface area contributed by atoms with Crippen molar-refractivity contribution in [3.8, 4) is 5.75 Å². The quantitative estimate of drug-likeness (QED) is 0.837. The predicted molar refractivity (Wildman–Crippen MR) is 66.8 cm³/mol. The van der Waals surface area contributed by atoms with E-state index in [1.807, 2.05) is 19.9 Å². The summed E-state index contributed by atoms with van der Waals surface area (Å²) in [7, 11) is 1.51. The Bertz CT molecular complexity index is 467. The van der Waals surface area contributed by atoms with Crippen LogP contribution in [0.3, 0.4) is 0 Å². The zero-order chi connectivity index (χ0) is 13.3. The van der Waals surface area contributed by atoms with Gasteiger partial charge in [-0.1, -0.05) is 25.5 Å². The minimum atomic E-state index is -0.771. The molecule has 1 N–H and O–H groups in total. The van der Waals surface area contributed by atoms with E-state index in [0.717, 1.165) is 12.0 Å². The first kappa shape index (κ1) is 12.9. The Morgan fingerprint density at radius 2 is 2.17 bits per heavy atom. The van der Waals surface area contributed by atoms with Gasteiger partial charge in [0.25, 0.3) is 0 Å². The number of carbonyl (C=O) groups is 1. The molecule has 0 saturated heterocycles. The molecule has 1 aromatic rings. The fourth-order valence-corrected chi connectivity index (χ4v) is 2.38. The molecule has 0 bridgehead atoms. The number of fused-ring (bicyclic) bond motifs is 1. The van der Waals surface area contributed by atoms with Crippen LogP contribution in [0.5, 0.6) is 5.75 Å². The maximum atomic E-state index is 12.0. The summed E-state index contributed by atoms with van der Waals surface area (Å²) in [5.41, 5.74) is 1.82. The van der Waals surface area contributed by atoms with Crippen LogP contribution in [0.4, 0.5) is 0 Å². The number of rotatable bonds is 3. The van der Waals surface area contributed by atoms with Gasteiger partial charge in [-0.05, 0) is 18.9 Å². The Morgan fingerprint density at radius 3 is 2.78 bits per heavy atom. The van der Waals surface area contributed by atoms with Crippen LogP contribution in [0.15, 0.2) is 12.1 Å². The lowest BCUT2D eigenvalue weighted by atomic mass is 9.91. The molecule has 0 saturated carbocycles. The van der Waals surface area contributed by atoms with E-state index < -0.39 is 18.2 Å². The molecule has 98 valence electrons. The van der Waals surface area contributed by atoms with Gasteiger partial charge in [-0.2, -0.15) is 0 Å². The van der Waals surface area contributed by atoms with Crippen molar-refractivity contribution in [2.24, 2.45) is 0 Å². The Labute approximate surface area is 107 Å². The lowest BCUT2D eigenvalue weighted by molar-refractivity contribution is -0.0328. The molecule has 1 aliphatic rings. The second kappa shape index (κ2) is 4.98. The molecule has 4 heteroatoms. The van der Waals surface area contributed by atoms with Crippen LogP contribution in [0, 0.1) is 6.92 Å². The van der Waals surface area contributed by atoms with Crippen molar-refractivity contribution in [3.63, 3.8) is 0 Å². The highest BCUT2D eigenvalue weighted by molar-refractivity contribution is 5.96. The van der Waals surface area contributed by atoms with E-state index >= 15 is 0 Å². The summed E-state index contributed by atoms with van der Waals surface area (Å²) in [5, 5.41) is 10.2. The highest BCUT2D eigenvalue weighted by atomic mass is 16.6. The van der Waals surface area contributed by atoms with Gasteiger partial charge in [0.2, 0.25) is 0 Å². The third-order valence-corrected chi connectivity index (χ3v) is 3.30. The lowest BCUT2D eigenvalue weighted by Gasteiger charge is -2.30. The Hall–Kier alpha value is -1.55. The van der Waals surface area contributed by atoms with Crippen molar-refractivity contribution in [1.29, 1.82) is 0 Å². The molecular weight excluding hydrogens is 232 g/mol. The summed E-state index contributed by atoms with van der Waals surface area (Å²) in [6.07, 6.45) is 0.283. The monoisotopic (exact) mass is 250 g/mol. The molecule has 0 aromatic heterocycles. The van der Waals surface area contributed by atoms with Gasteiger partial charge in [0.05, 0.1) is 7.11 Å². The van der Waals surface area contributed by atoms with Gasteiger partial charge in [-0.3, -0.25) is 0 Å². The largest absolute Gasteiger partial charge is 0.496 e. The summed E-state index contributed by atoms with van der Waals surface area (Å²) in [5.74, 6) is 0.0841. The fraction of sp³-hybridized carbons (Fsp3) is 0.500. The van der Waals surface area contributed by atoms with Gasteiger partial charge in [0.15, 0.2) is 0 Å². The average Bonchev–Trinajstić information content (AvgIpc) is 2.35. The van der Waals surface area contributed by atoms with Crippen molar-refractivity contribution in [2.45, 2.75) is 38.9 Å². The first-order valence-corrected chi connectivity index (χ1v) is 6.16. The van der Waals surface area contributed by atoms with Crippen molar-refractivity contribution < 1.29 is 19.4 Å². The highest BCUT2D eigenvalue weighted by Gasteiger charge is 2.36. The van der Waals surface area contributed by atoms with E-state index in [9.17, 15) is 9.90 Å². The molecule has 1 aromatic carbocycles. The Balaban J connectivity index is 2.50. The third-order valence-electron chi connectivity index (χ3n) is 3.30. The van der Waals surface area contributed by atoms with Crippen molar-refractivity contribution in [1.82, 2.24) is 0 Å². The van der Waals surface area contributed by atoms with Gasteiger partial charge < -0.3 is 14.6 Å². The first-order valence-electron chi connectivity index (χ1n) is 6.16. The van der Waals surface area contributed by atoms with Crippen molar-refractivity contribution in [3.05, 3.63) is 28.8 Å². The second-order valence-electron chi connectivity index (χ2n) is 4.56. The van der Waals surface area contributed by atoms with Crippen LogP contribution >= 0.6 is 0 Å².